The van der Waals surface area contributed by atoms with Gasteiger partial charge in [0.05, 0.1) is 0 Å². The van der Waals surface area contributed by atoms with Crippen LogP contribution >= 0.6 is 0 Å². The molecule has 20 heavy (non-hydrogen) atoms. The molecule has 0 rings (SSSR count). The molecule has 0 aliphatic carbocycles. The van der Waals surface area contributed by atoms with E-state index in [4.69, 9.17) is 5.11 Å². The summed E-state index contributed by atoms with van der Waals surface area (Å²) in [7, 11) is 0. The molecule has 0 bridgehead atoms. The lowest BCUT2D eigenvalue weighted by Gasteiger charge is -2.16. The van der Waals surface area contributed by atoms with E-state index in [2.05, 4.69) is 10.6 Å². The molecule has 116 valence electrons. The van der Waals surface area contributed by atoms with Crippen molar-refractivity contribution in [2.45, 2.75) is 65.5 Å². The maximum absolute atomic E-state index is 11.6. The standard InChI is InChI=1S/C14H26N2O4/c1-9(2)8-11(14(19)20)16-13(18)7-5-6-12(17)15-10(3)4/h9-11H,5-8H2,1-4H3,(H,15,17)(H,16,18)(H,19,20)/t11-/m0/s1. The Labute approximate surface area is 120 Å². The molecule has 0 saturated heterocycles. The van der Waals surface area contributed by atoms with Crippen LogP contribution in [0, 0.1) is 5.92 Å². The van der Waals surface area contributed by atoms with Crippen LogP contribution in [0.2, 0.25) is 0 Å². The second-order valence-corrected chi connectivity index (χ2v) is 5.66. The normalized spacial score (nSPS) is 12.3. The third kappa shape index (κ3) is 9.35. The Morgan fingerprint density at radius 2 is 1.45 bits per heavy atom. The van der Waals surface area contributed by atoms with Crippen molar-refractivity contribution in [3.63, 3.8) is 0 Å². The highest BCUT2D eigenvalue weighted by molar-refractivity contribution is 5.84. The first kappa shape index (κ1) is 18.4. The first-order valence-corrected chi connectivity index (χ1v) is 7.04. The van der Waals surface area contributed by atoms with Crippen molar-refractivity contribution in [1.29, 1.82) is 0 Å². The van der Waals surface area contributed by atoms with E-state index in [0.29, 0.717) is 12.8 Å². The number of carbonyl (C=O) groups excluding carboxylic acids is 2. The molecule has 0 saturated carbocycles. The number of hydrogen-bond donors (Lipinski definition) is 3. The van der Waals surface area contributed by atoms with Gasteiger partial charge in [0, 0.05) is 18.9 Å². The molecule has 6 heteroatoms. The molecule has 0 aliphatic heterocycles. The van der Waals surface area contributed by atoms with E-state index in [-0.39, 0.29) is 36.6 Å². The molecule has 0 aliphatic rings. The van der Waals surface area contributed by atoms with Gasteiger partial charge in [-0.25, -0.2) is 4.79 Å². The second kappa shape index (κ2) is 9.34. The number of hydrogen-bond acceptors (Lipinski definition) is 3. The van der Waals surface area contributed by atoms with Crippen molar-refractivity contribution in [2.24, 2.45) is 5.92 Å². The average molecular weight is 286 g/mol. The summed E-state index contributed by atoms with van der Waals surface area (Å²) in [4.78, 5) is 34.0. The summed E-state index contributed by atoms with van der Waals surface area (Å²) in [6.45, 7) is 7.54. The Hall–Kier alpha value is -1.59. The molecule has 3 N–H and O–H groups in total. The minimum atomic E-state index is -1.02. The van der Waals surface area contributed by atoms with Crippen LogP contribution in [0.1, 0.15) is 53.4 Å². The third-order valence-electron chi connectivity index (χ3n) is 2.60. The van der Waals surface area contributed by atoms with Gasteiger partial charge in [-0.05, 0) is 32.6 Å². The van der Waals surface area contributed by atoms with Gasteiger partial charge < -0.3 is 15.7 Å². The van der Waals surface area contributed by atoms with E-state index in [1.807, 2.05) is 27.7 Å². The minimum Gasteiger partial charge on any atom is -0.480 e. The van der Waals surface area contributed by atoms with Gasteiger partial charge in [-0.15, -0.1) is 0 Å². The molecule has 0 spiro atoms. The van der Waals surface area contributed by atoms with E-state index in [9.17, 15) is 14.4 Å². The summed E-state index contributed by atoms with van der Waals surface area (Å²) >= 11 is 0. The zero-order valence-corrected chi connectivity index (χ0v) is 12.7. The van der Waals surface area contributed by atoms with E-state index in [1.54, 1.807) is 0 Å². The highest BCUT2D eigenvalue weighted by Crippen LogP contribution is 2.06. The average Bonchev–Trinajstić information content (AvgIpc) is 2.26. The number of carbonyl (C=O) groups is 3. The van der Waals surface area contributed by atoms with Crippen molar-refractivity contribution in [2.75, 3.05) is 0 Å². The maximum Gasteiger partial charge on any atom is 0.326 e. The summed E-state index contributed by atoms with van der Waals surface area (Å²) < 4.78 is 0. The largest absolute Gasteiger partial charge is 0.480 e. The molecule has 0 radical (unpaired) electrons. The lowest BCUT2D eigenvalue weighted by atomic mass is 10.0. The van der Waals surface area contributed by atoms with Crippen molar-refractivity contribution < 1.29 is 19.5 Å². The smallest absolute Gasteiger partial charge is 0.326 e. The molecule has 0 heterocycles. The van der Waals surface area contributed by atoms with Gasteiger partial charge in [0.1, 0.15) is 6.04 Å². The topological polar surface area (TPSA) is 95.5 Å². The highest BCUT2D eigenvalue weighted by Gasteiger charge is 2.20. The lowest BCUT2D eigenvalue weighted by molar-refractivity contribution is -0.142. The van der Waals surface area contributed by atoms with Gasteiger partial charge >= 0.3 is 5.97 Å². The molecule has 6 nitrogen and oxygen atoms in total. The number of amides is 2. The van der Waals surface area contributed by atoms with E-state index in [0.717, 1.165) is 0 Å². The van der Waals surface area contributed by atoms with Crippen LogP contribution in [-0.2, 0) is 14.4 Å². The molecule has 0 aromatic carbocycles. The number of carboxylic acids is 1. The highest BCUT2D eigenvalue weighted by atomic mass is 16.4. The van der Waals surface area contributed by atoms with Crippen LogP contribution < -0.4 is 10.6 Å². The number of aliphatic carboxylic acids is 1. The number of carboxylic acid groups (broad SMARTS) is 1. The van der Waals surface area contributed by atoms with Gasteiger partial charge in [0.25, 0.3) is 0 Å². The molecule has 2 amide bonds. The molecule has 0 unspecified atom stereocenters. The molecular weight excluding hydrogens is 260 g/mol. The summed E-state index contributed by atoms with van der Waals surface area (Å²) in [5, 5.41) is 14.2. The zero-order chi connectivity index (χ0) is 15.7. The van der Waals surface area contributed by atoms with Gasteiger partial charge in [-0.1, -0.05) is 13.8 Å². The van der Waals surface area contributed by atoms with Gasteiger partial charge in [-0.2, -0.15) is 0 Å². The van der Waals surface area contributed by atoms with Crippen LogP contribution in [0.4, 0.5) is 0 Å². The summed E-state index contributed by atoms with van der Waals surface area (Å²) in [5.41, 5.74) is 0. The fourth-order valence-corrected chi connectivity index (χ4v) is 1.76. The second-order valence-electron chi connectivity index (χ2n) is 5.66. The van der Waals surface area contributed by atoms with Crippen molar-refractivity contribution in [3.8, 4) is 0 Å². The quantitative estimate of drug-likeness (QED) is 0.595. The first-order valence-electron chi connectivity index (χ1n) is 7.04. The third-order valence-corrected chi connectivity index (χ3v) is 2.60. The van der Waals surface area contributed by atoms with Gasteiger partial charge in [0.15, 0.2) is 0 Å². The molecule has 1 atom stereocenters. The van der Waals surface area contributed by atoms with Crippen molar-refractivity contribution in [3.05, 3.63) is 0 Å². The van der Waals surface area contributed by atoms with Crippen LogP contribution in [0.15, 0.2) is 0 Å². The lowest BCUT2D eigenvalue weighted by Crippen LogP contribution is -2.41. The Kier molecular flexibility index (Phi) is 8.59. The van der Waals surface area contributed by atoms with Gasteiger partial charge in [0.2, 0.25) is 11.8 Å². The molecular formula is C14H26N2O4. The van der Waals surface area contributed by atoms with E-state index >= 15 is 0 Å². The Morgan fingerprint density at radius 1 is 0.950 bits per heavy atom. The first-order chi connectivity index (χ1) is 9.22. The summed E-state index contributed by atoms with van der Waals surface area (Å²) in [6.07, 6.45) is 1.24. The predicted octanol–water partition coefficient (Wildman–Crippen LogP) is 1.30. The molecule has 0 aromatic rings. The SMILES string of the molecule is CC(C)C[C@H](NC(=O)CCCC(=O)NC(C)C)C(=O)O. The van der Waals surface area contributed by atoms with Crippen molar-refractivity contribution >= 4 is 17.8 Å². The fraction of sp³-hybridized carbons (Fsp3) is 0.786. The van der Waals surface area contributed by atoms with Gasteiger partial charge in [-0.3, -0.25) is 9.59 Å². The van der Waals surface area contributed by atoms with E-state index < -0.39 is 12.0 Å². The minimum absolute atomic E-state index is 0.0822. The zero-order valence-electron chi connectivity index (χ0n) is 12.7. The summed E-state index contributed by atoms with van der Waals surface area (Å²) in [6, 6.07) is -0.772. The Morgan fingerprint density at radius 3 is 1.85 bits per heavy atom. The van der Waals surface area contributed by atoms with Crippen LogP contribution in [0.5, 0.6) is 0 Å². The Bertz CT molecular complexity index is 340. The molecule has 0 fully saturated rings. The predicted molar refractivity (Wildman–Crippen MR) is 76.2 cm³/mol. The summed E-state index contributed by atoms with van der Waals surface area (Å²) in [5.74, 6) is -1.25. The van der Waals surface area contributed by atoms with Crippen LogP contribution in [0.3, 0.4) is 0 Å². The van der Waals surface area contributed by atoms with Crippen LogP contribution in [-0.4, -0.2) is 35.0 Å². The monoisotopic (exact) mass is 286 g/mol. The number of nitrogens with one attached hydrogen (secondary N) is 2. The van der Waals surface area contributed by atoms with Crippen molar-refractivity contribution in [1.82, 2.24) is 10.6 Å². The van der Waals surface area contributed by atoms with E-state index in [1.165, 1.54) is 0 Å². The molecule has 0 aromatic heterocycles. The Balaban J connectivity index is 4.02. The van der Waals surface area contributed by atoms with Crippen LogP contribution in [0.25, 0.3) is 0 Å². The maximum atomic E-state index is 11.6. The number of rotatable bonds is 9. The fourth-order valence-electron chi connectivity index (χ4n) is 1.76.